The molecular weight excluding hydrogens is 382 g/mol. The highest BCUT2D eigenvalue weighted by molar-refractivity contribution is 7.80. The van der Waals surface area contributed by atoms with Crippen LogP contribution in [0.5, 0.6) is 0 Å². The molecule has 146 valence electrons. The Morgan fingerprint density at radius 1 is 1.41 bits per heavy atom. The smallest absolute Gasteiger partial charge is 0.418 e. The molecule has 11 nitrogen and oxygen atoms in total. The molecule has 1 fully saturated rings. The topological polar surface area (TPSA) is 154 Å². The van der Waals surface area contributed by atoms with E-state index in [4.69, 9.17) is 4.55 Å². The average Bonchev–Trinajstić information content (AvgIpc) is 2.84. The van der Waals surface area contributed by atoms with E-state index in [2.05, 4.69) is 9.60 Å². The Kier molecular flexibility index (Phi) is 4.80. The maximum absolute atomic E-state index is 12.5. The standard InChI is InChI=1S/C15H17N3O8S/c1-8-4-10(14(21)16-6-9-2-3-12(19)13(20)5-9)17-7-11(8)18(15(17)22)26-27(23,24)25/h3-5,10-11,19H,2,6-7H2,1H3,(H,16,21)(H,23,24,25)/t10-,11-/m0/s1. The molecule has 2 aliphatic heterocycles. The lowest BCUT2D eigenvalue weighted by atomic mass is 10.0. The summed E-state index contributed by atoms with van der Waals surface area (Å²) in [6.45, 7) is 1.68. The lowest BCUT2D eigenvalue weighted by molar-refractivity contribution is -0.124. The van der Waals surface area contributed by atoms with E-state index in [1.807, 2.05) is 0 Å². The van der Waals surface area contributed by atoms with Crippen LogP contribution in [-0.2, 0) is 24.3 Å². The van der Waals surface area contributed by atoms with Gasteiger partial charge >= 0.3 is 16.4 Å². The highest BCUT2D eigenvalue weighted by Gasteiger charge is 2.49. The van der Waals surface area contributed by atoms with Crippen LogP contribution in [0.25, 0.3) is 0 Å². The number of ketones is 1. The molecule has 0 radical (unpaired) electrons. The number of amides is 3. The van der Waals surface area contributed by atoms with Crippen molar-refractivity contribution >= 4 is 28.1 Å². The molecular formula is C15H17N3O8S. The van der Waals surface area contributed by atoms with Gasteiger partial charge in [0, 0.05) is 6.54 Å². The predicted molar refractivity (Wildman–Crippen MR) is 89.3 cm³/mol. The number of aliphatic hydroxyl groups excluding tert-OH is 1. The van der Waals surface area contributed by atoms with E-state index in [0.29, 0.717) is 22.6 Å². The van der Waals surface area contributed by atoms with E-state index in [0.717, 1.165) is 4.90 Å². The minimum Gasteiger partial charge on any atom is -0.504 e. The summed E-state index contributed by atoms with van der Waals surface area (Å²) in [6, 6.07) is -2.60. The van der Waals surface area contributed by atoms with Gasteiger partial charge in [-0.15, -0.1) is 4.28 Å². The lowest BCUT2D eigenvalue weighted by Crippen LogP contribution is -2.49. The third-order valence-electron chi connectivity index (χ3n) is 4.45. The quantitative estimate of drug-likeness (QED) is 0.417. The van der Waals surface area contributed by atoms with Crippen molar-refractivity contribution in [1.82, 2.24) is 15.3 Å². The second kappa shape index (κ2) is 6.79. The monoisotopic (exact) mass is 399 g/mol. The van der Waals surface area contributed by atoms with Crippen LogP contribution in [0.4, 0.5) is 4.79 Å². The zero-order valence-corrected chi connectivity index (χ0v) is 15.0. The molecule has 0 spiro atoms. The van der Waals surface area contributed by atoms with Crippen molar-refractivity contribution in [2.24, 2.45) is 0 Å². The molecule has 1 aliphatic carbocycles. The minimum atomic E-state index is -4.89. The third-order valence-corrected chi connectivity index (χ3v) is 4.80. The lowest BCUT2D eigenvalue weighted by Gasteiger charge is -2.27. The van der Waals surface area contributed by atoms with Crippen LogP contribution in [0.1, 0.15) is 13.3 Å². The third kappa shape index (κ3) is 3.86. The van der Waals surface area contributed by atoms with Gasteiger partial charge < -0.3 is 15.3 Å². The van der Waals surface area contributed by atoms with Gasteiger partial charge in [-0.05, 0) is 36.6 Å². The van der Waals surface area contributed by atoms with Gasteiger partial charge in [0.1, 0.15) is 12.1 Å². The highest BCUT2D eigenvalue weighted by Crippen LogP contribution is 2.30. The van der Waals surface area contributed by atoms with Crippen molar-refractivity contribution in [3.05, 3.63) is 35.1 Å². The Hall–Kier alpha value is -2.70. The molecule has 0 aromatic rings. The first kappa shape index (κ1) is 19.1. The fourth-order valence-electron chi connectivity index (χ4n) is 3.09. The Morgan fingerprint density at radius 2 is 2.11 bits per heavy atom. The van der Waals surface area contributed by atoms with Crippen LogP contribution in [0.2, 0.25) is 0 Å². The number of nitrogens with one attached hydrogen (secondary N) is 1. The van der Waals surface area contributed by atoms with Crippen molar-refractivity contribution in [2.75, 3.05) is 13.1 Å². The number of fused-ring (bicyclic) bond motifs is 2. The van der Waals surface area contributed by atoms with E-state index in [1.54, 1.807) is 6.92 Å². The van der Waals surface area contributed by atoms with Crippen LogP contribution in [0.15, 0.2) is 35.1 Å². The number of aliphatic hydroxyl groups is 1. The van der Waals surface area contributed by atoms with Crippen LogP contribution in [0, 0.1) is 0 Å². The molecule has 2 atom stereocenters. The van der Waals surface area contributed by atoms with Crippen LogP contribution < -0.4 is 5.32 Å². The van der Waals surface area contributed by atoms with Gasteiger partial charge in [-0.2, -0.15) is 13.5 Å². The molecule has 3 rings (SSSR count). The van der Waals surface area contributed by atoms with E-state index in [1.165, 1.54) is 18.2 Å². The van der Waals surface area contributed by atoms with Crippen molar-refractivity contribution in [2.45, 2.75) is 25.4 Å². The van der Waals surface area contributed by atoms with Gasteiger partial charge in [-0.25, -0.2) is 4.79 Å². The normalized spacial score (nSPS) is 25.2. The Labute approximate surface area is 154 Å². The molecule has 0 aromatic carbocycles. The first-order chi connectivity index (χ1) is 12.6. The van der Waals surface area contributed by atoms with Crippen molar-refractivity contribution in [3.8, 4) is 0 Å². The summed E-state index contributed by atoms with van der Waals surface area (Å²) in [4.78, 5) is 37.4. The van der Waals surface area contributed by atoms with Gasteiger partial charge in [0.05, 0.1) is 6.54 Å². The number of hydroxylamine groups is 2. The molecule has 1 saturated heterocycles. The number of urea groups is 1. The van der Waals surface area contributed by atoms with Gasteiger partial charge in [0.25, 0.3) is 0 Å². The molecule has 27 heavy (non-hydrogen) atoms. The first-order valence-electron chi connectivity index (χ1n) is 7.92. The number of nitrogens with zero attached hydrogens (tertiary/aromatic N) is 2. The Morgan fingerprint density at radius 3 is 2.74 bits per heavy atom. The number of rotatable bonds is 5. The zero-order chi connectivity index (χ0) is 19.9. The van der Waals surface area contributed by atoms with Crippen LogP contribution >= 0.6 is 0 Å². The minimum absolute atomic E-state index is 0.0204. The van der Waals surface area contributed by atoms with E-state index in [-0.39, 0.29) is 18.8 Å². The molecule has 2 heterocycles. The second-order valence-corrected chi connectivity index (χ2v) is 7.32. The molecule has 3 amide bonds. The molecule has 3 N–H and O–H groups in total. The van der Waals surface area contributed by atoms with E-state index in [9.17, 15) is 27.9 Å². The van der Waals surface area contributed by atoms with Gasteiger partial charge in [0.15, 0.2) is 5.76 Å². The molecule has 0 unspecified atom stereocenters. The fraction of sp³-hybridized carbons (Fsp3) is 0.400. The van der Waals surface area contributed by atoms with Gasteiger partial charge in [-0.1, -0.05) is 6.08 Å². The summed E-state index contributed by atoms with van der Waals surface area (Å²) in [6.07, 6.45) is 4.38. The largest absolute Gasteiger partial charge is 0.504 e. The molecule has 3 aliphatic rings. The molecule has 0 saturated carbocycles. The Balaban J connectivity index is 1.69. The van der Waals surface area contributed by atoms with Crippen molar-refractivity contribution < 1.29 is 36.7 Å². The predicted octanol–water partition coefficient (Wildman–Crippen LogP) is -0.387. The summed E-state index contributed by atoms with van der Waals surface area (Å²) in [5.74, 6) is -1.42. The summed E-state index contributed by atoms with van der Waals surface area (Å²) < 4.78 is 35.0. The van der Waals surface area contributed by atoms with Crippen LogP contribution in [-0.4, -0.2) is 70.9 Å². The van der Waals surface area contributed by atoms with Crippen LogP contribution in [0.3, 0.4) is 0 Å². The van der Waals surface area contributed by atoms with Crippen molar-refractivity contribution in [1.29, 1.82) is 0 Å². The summed E-state index contributed by atoms with van der Waals surface area (Å²) in [5.41, 5.74) is 1.12. The van der Waals surface area contributed by atoms with Gasteiger partial charge in [-0.3, -0.25) is 14.1 Å². The maximum Gasteiger partial charge on any atom is 0.418 e. The average molecular weight is 399 g/mol. The van der Waals surface area contributed by atoms with E-state index >= 15 is 0 Å². The molecule has 2 bridgehead atoms. The number of carbonyl (C=O) groups excluding carboxylic acids is 3. The number of carbonyl (C=O) groups is 3. The molecule has 0 aromatic heterocycles. The summed E-state index contributed by atoms with van der Waals surface area (Å²) >= 11 is 0. The molecule has 12 heteroatoms. The van der Waals surface area contributed by atoms with Crippen molar-refractivity contribution in [3.63, 3.8) is 0 Å². The summed E-state index contributed by atoms with van der Waals surface area (Å²) in [7, 11) is -4.89. The zero-order valence-electron chi connectivity index (χ0n) is 14.2. The summed E-state index contributed by atoms with van der Waals surface area (Å²) in [5, 5.41) is 12.4. The van der Waals surface area contributed by atoms with Gasteiger partial charge in [0.2, 0.25) is 11.7 Å². The SMILES string of the molecule is CC1=C[C@@H](C(=O)NCC2=CC(=O)C(O)=CC2)N2C[C@@H]1N(OS(=O)(=O)O)C2=O. The first-order valence-corrected chi connectivity index (χ1v) is 9.29. The Bertz CT molecular complexity index is 904. The fourth-order valence-corrected chi connectivity index (χ4v) is 3.46. The number of hydrogen-bond acceptors (Lipinski definition) is 7. The number of hydrogen-bond donors (Lipinski definition) is 3. The maximum atomic E-state index is 12.5. The second-order valence-electron chi connectivity index (χ2n) is 6.31. The highest BCUT2D eigenvalue weighted by atomic mass is 32.3. The van der Waals surface area contributed by atoms with E-state index < -0.39 is 40.2 Å². The number of allylic oxidation sites excluding steroid dienone is 2.